The summed E-state index contributed by atoms with van der Waals surface area (Å²) in [6.45, 7) is 3.64. The average molecular weight is 343 g/mol. The van der Waals surface area contributed by atoms with Crippen molar-refractivity contribution < 1.29 is 9.53 Å². The predicted molar refractivity (Wildman–Crippen MR) is 63.0 cm³/mol. The highest BCUT2D eigenvalue weighted by molar-refractivity contribution is 9.11. The Balaban J connectivity index is 2.88. The lowest BCUT2D eigenvalue weighted by Crippen LogP contribution is -2.11. The molecule has 6 heteroatoms. The fraction of sp³-hybridized carbons (Fsp3) is 0.500. The molecule has 0 amide bonds. The molecule has 0 aliphatic carbocycles. The molecule has 0 aliphatic heterocycles. The molecule has 1 heterocycles. The Hall–Kier alpha value is 0.0600. The zero-order valence-corrected chi connectivity index (χ0v) is 11.7. The lowest BCUT2D eigenvalue weighted by molar-refractivity contribution is 0.0382. The van der Waals surface area contributed by atoms with Crippen LogP contribution in [0.15, 0.2) is 3.92 Å². The standard InChI is InChI=1S/C8H9Br2NO2S/c1-4(2)13-7(12)6-5(3-9)11-8(10)14-6/h4H,3H2,1-2H3. The van der Waals surface area contributed by atoms with Crippen LogP contribution in [0.5, 0.6) is 0 Å². The zero-order valence-electron chi connectivity index (χ0n) is 7.71. The average Bonchev–Trinajstić information content (AvgIpc) is 2.45. The summed E-state index contributed by atoms with van der Waals surface area (Å²) in [5.74, 6) is -0.308. The van der Waals surface area contributed by atoms with Gasteiger partial charge in [-0.3, -0.25) is 0 Å². The van der Waals surface area contributed by atoms with E-state index in [9.17, 15) is 4.79 Å². The number of halogens is 2. The third-order valence-corrected chi connectivity index (χ3v) is 3.39. The van der Waals surface area contributed by atoms with Gasteiger partial charge in [0, 0.05) is 5.33 Å². The number of alkyl halides is 1. The van der Waals surface area contributed by atoms with Gasteiger partial charge in [0.05, 0.1) is 11.8 Å². The first-order valence-corrected chi connectivity index (χ1v) is 6.69. The van der Waals surface area contributed by atoms with Gasteiger partial charge in [-0.25, -0.2) is 9.78 Å². The van der Waals surface area contributed by atoms with Crippen LogP contribution < -0.4 is 0 Å². The van der Waals surface area contributed by atoms with Crippen molar-refractivity contribution in [2.45, 2.75) is 25.3 Å². The highest BCUT2D eigenvalue weighted by Crippen LogP contribution is 2.25. The second kappa shape index (κ2) is 5.23. The minimum atomic E-state index is -0.308. The minimum absolute atomic E-state index is 0.105. The third-order valence-electron chi connectivity index (χ3n) is 1.33. The smallest absolute Gasteiger partial charge is 0.350 e. The summed E-state index contributed by atoms with van der Waals surface area (Å²) in [7, 11) is 0. The molecule has 3 nitrogen and oxygen atoms in total. The molecule has 0 fully saturated rings. The maximum Gasteiger partial charge on any atom is 0.350 e. The fourth-order valence-electron chi connectivity index (χ4n) is 0.840. The largest absolute Gasteiger partial charge is 0.459 e. The summed E-state index contributed by atoms with van der Waals surface area (Å²) in [5, 5.41) is 0.553. The lowest BCUT2D eigenvalue weighted by Gasteiger charge is -2.06. The number of carbonyl (C=O) groups is 1. The monoisotopic (exact) mass is 341 g/mol. The number of hydrogen-bond acceptors (Lipinski definition) is 4. The summed E-state index contributed by atoms with van der Waals surface area (Å²) < 4.78 is 5.78. The van der Waals surface area contributed by atoms with E-state index in [1.165, 1.54) is 11.3 Å². The van der Waals surface area contributed by atoms with Gasteiger partial charge < -0.3 is 4.74 Å². The zero-order chi connectivity index (χ0) is 10.7. The van der Waals surface area contributed by atoms with Crippen molar-refractivity contribution in [1.29, 1.82) is 0 Å². The van der Waals surface area contributed by atoms with Gasteiger partial charge in [0.2, 0.25) is 0 Å². The van der Waals surface area contributed by atoms with Crippen LogP contribution in [0.1, 0.15) is 29.2 Å². The van der Waals surface area contributed by atoms with Crippen molar-refractivity contribution in [1.82, 2.24) is 4.98 Å². The second-order valence-electron chi connectivity index (χ2n) is 2.83. The summed E-state index contributed by atoms with van der Waals surface area (Å²) in [5.41, 5.74) is 0.715. The first-order chi connectivity index (χ1) is 6.54. The molecule has 0 saturated heterocycles. The van der Waals surface area contributed by atoms with Crippen molar-refractivity contribution in [3.63, 3.8) is 0 Å². The van der Waals surface area contributed by atoms with Crippen LogP contribution in [-0.2, 0) is 10.1 Å². The Labute approximate surface area is 103 Å². The molecule has 0 spiro atoms. The van der Waals surface area contributed by atoms with E-state index < -0.39 is 0 Å². The summed E-state index contributed by atoms with van der Waals surface area (Å²) in [6.07, 6.45) is -0.105. The second-order valence-corrected chi connectivity index (χ2v) is 5.67. The number of ether oxygens (including phenoxy) is 1. The van der Waals surface area contributed by atoms with Gasteiger partial charge in [0.1, 0.15) is 4.88 Å². The molecular weight excluding hydrogens is 334 g/mol. The number of nitrogens with zero attached hydrogens (tertiary/aromatic N) is 1. The first kappa shape index (κ1) is 12.1. The maximum atomic E-state index is 11.6. The molecular formula is C8H9Br2NO2S. The molecule has 0 saturated carbocycles. The molecule has 0 radical (unpaired) electrons. The lowest BCUT2D eigenvalue weighted by atomic mass is 10.4. The molecule has 14 heavy (non-hydrogen) atoms. The van der Waals surface area contributed by atoms with E-state index in [0.29, 0.717) is 19.8 Å². The first-order valence-electron chi connectivity index (χ1n) is 3.96. The summed E-state index contributed by atoms with van der Waals surface area (Å²) in [4.78, 5) is 16.3. The van der Waals surface area contributed by atoms with Gasteiger partial charge in [0.15, 0.2) is 3.92 Å². The summed E-state index contributed by atoms with van der Waals surface area (Å²) >= 11 is 7.80. The van der Waals surface area contributed by atoms with Crippen molar-refractivity contribution in [3.8, 4) is 0 Å². The van der Waals surface area contributed by atoms with Crippen molar-refractivity contribution in [2.24, 2.45) is 0 Å². The van der Waals surface area contributed by atoms with Gasteiger partial charge >= 0.3 is 5.97 Å². The van der Waals surface area contributed by atoms with E-state index in [4.69, 9.17) is 4.74 Å². The minimum Gasteiger partial charge on any atom is -0.459 e. The number of hydrogen-bond donors (Lipinski definition) is 0. The van der Waals surface area contributed by atoms with E-state index >= 15 is 0 Å². The number of rotatable bonds is 3. The molecule has 0 unspecified atom stereocenters. The van der Waals surface area contributed by atoms with Crippen LogP contribution in [0.4, 0.5) is 0 Å². The Morgan fingerprint density at radius 1 is 1.64 bits per heavy atom. The van der Waals surface area contributed by atoms with Crippen molar-refractivity contribution in [3.05, 3.63) is 14.5 Å². The SMILES string of the molecule is CC(C)OC(=O)c1sc(Br)nc1CBr. The van der Waals surface area contributed by atoms with Crippen LogP contribution >= 0.6 is 43.2 Å². The Morgan fingerprint density at radius 3 is 2.79 bits per heavy atom. The van der Waals surface area contributed by atoms with E-state index in [1.54, 1.807) is 0 Å². The molecule has 1 rings (SSSR count). The van der Waals surface area contributed by atoms with Crippen molar-refractivity contribution >= 4 is 49.2 Å². The number of esters is 1. The quantitative estimate of drug-likeness (QED) is 0.624. The topological polar surface area (TPSA) is 39.2 Å². The molecule has 1 aromatic rings. The highest BCUT2D eigenvalue weighted by Gasteiger charge is 2.18. The normalized spacial score (nSPS) is 10.6. The van der Waals surface area contributed by atoms with Crippen LogP contribution in [0.2, 0.25) is 0 Å². The molecule has 0 aliphatic rings. The van der Waals surface area contributed by atoms with E-state index in [0.717, 1.165) is 0 Å². The Morgan fingerprint density at radius 2 is 2.29 bits per heavy atom. The highest BCUT2D eigenvalue weighted by atomic mass is 79.9. The van der Waals surface area contributed by atoms with Gasteiger partial charge in [-0.2, -0.15) is 0 Å². The molecule has 0 aromatic carbocycles. The van der Waals surface area contributed by atoms with Crippen LogP contribution in [0, 0.1) is 0 Å². The van der Waals surface area contributed by atoms with Crippen LogP contribution in [0.3, 0.4) is 0 Å². The Bertz CT molecular complexity index is 338. The fourth-order valence-corrected chi connectivity index (χ4v) is 2.82. The van der Waals surface area contributed by atoms with Crippen molar-refractivity contribution in [2.75, 3.05) is 0 Å². The van der Waals surface area contributed by atoms with E-state index in [-0.39, 0.29) is 12.1 Å². The molecule has 0 bridgehead atoms. The number of carbonyl (C=O) groups excluding carboxylic acids is 1. The summed E-state index contributed by atoms with van der Waals surface area (Å²) in [6, 6.07) is 0. The van der Waals surface area contributed by atoms with Gasteiger partial charge in [-0.1, -0.05) is 27.3 Å². The molecule has 0 atom stereocenters. The van der Waals surface area contributed by atoms with E-state index in [1.807, 2.05) is 13.8 Å². The molecule has 1 aromatic heterocycles. The van der Waals surface area contributed by atoms with Gasteiger partial charge in [0.25, 0.3) is 0 Å². The molecule has 0 N–H and O–H groups in total. The van der Waals surface area contributed by atoms with Gasteiger partial charge in [-0.05, 0) is 29.8 Å². The third kappa shape index (κ3) is 3.03. The Kier molecular flexibility index (Phi) is 4.53. The maximum absolute atomic E-state index is 11.6. The number of aromatic nitrogens is 1. The molecule has 78 valence electrons. The van der Waals surface area contributed by atoms with Crippen LogP contribution in [-0.4, -0.2) is 17.1 Å². The van der Waals surface area contributed by atoms with E-state index in [2.05, 4.69) is 36.8 Å². The van der Waals surface area contributed by atoms with Gasteiger partial charge in [-0.15, -0.1) is 0 Å². The van der Waals surface area contributed by atoms with Crippen LogP contribution in [0.25, 0.3) is 0 Å². The predicted octanol–water partition coefficient (Wildman–Crippen LogP) is 3.37. The number of thiazole rings is 1.